The molecule has 1 aromatic rings. The summed E-state index contributed by atoms with van der Waals surface area (Å²) in [6.07, 6.45) is -2.98. The summed E-state index contributed by atoms with van der Waals surface area (Å²) in [5.41, 5.74) is -0.0523. The Morgan fingerprint density at radius 3 is 2.29 bits per heavy atom. The van der Waals surface area contributed by atoms with E-state index in [0.717, 1.165) is 0 Å². The van der Waals surface area contributed by atoms with Crippen molar-refractivity contribution >= 4 is 50.2 Å². The van der Waals surface area contributed by atoms with Crippen LogP contribution in [0.3, 0.4) is 0 Å². The van der Waals surface area contributed by atoms with Crippen LogP contribution in [0.4, 0.5) is 19.2 Å². The van der Waals surface area contributed by atoms with Crippen LogP contribution in [0, 0.1) is 0 Å². The van der Waals surface area contributed by atoms with Gasteiger partial charge in [-0.15, -0.1) is 0 Å². The normalized spacial score (nSPS) is 16.9. The lowest BCUT2D eigenvalue weighted by Gasteiger charge is -2.44. The average Bonchev–Trinajstić information content (AvgIpc) is 2.79. The number of nitrogens with zero attached hydrogens (tertiary/aromatic N) is 1. The number of halogens is 1. The Morgan fingerprint density at radius 2 is 1.68 bits per heavy atom. The molecular weight excluding hydrogens is 552 g/mol. The highest BCUT2D eigenvalue weighted by Gasteiger charge is 2.53. The van der Waals surface area contributed by atoms with Gasteiger partial charge in [0.05, 0.1) is 6.54 Å². The molecule has 3 N–H and O–H groups in total. The van der Waals surface area contributed by atoms with Crippen molar-refractivity contribution in [3.63, 3.8) is 0 Å². The first kappa shape index (κ1) is 30.4. The molecule has 0 bridgehead atoms. The van der Waals surface area contributed by atoms with Gasteiger partial charge in [-0.3, -0.25) is 9.69 Å². The van der Waals surface area contributed by atoms with E-state index in [1.165, 1.54) is 4.72 Å². The maximum atomic E-state index is 12.5. The molecule has 0 spiro atoms. The van der Waals surface area contributed by atoms with Crippen LogP contribution in [-0.2, 0) is 39.6 Å². The van der Waals surface area contributed by atoms with Crippen molar-refractivity contribution in [1.29, 1.82) is 0 Å². The molecule has 2 rings (SSSR count). The first-order valence-corrected chi connectivity index (χ1v) is 13.3. The van der Waals surface area contributed by atoms with Crippen LogP contribution in [0.5, 0.6) is 0 Å². The molecule has 0 aliphatic carbocycles. The fraction of sp³-hybridized carbons (Fsp3) is 0.476. The molecule has 0 saturated carbocycles. The molecule has 1 aromatic carbocycles. The smallest absolute Gasteiger partial charge is 0.445 e. The van der Waals surface area contributed by atoms with E-state index in [1.54, 1.807) is 51.1 Å². The van der Waals surface area contributed by atoms with E-state index in [4.69, 9.17) is 29.6 Å². The molecule has 1 saturated heterocycles. The van der Waals surface area contributed by atoms with Crippen molar-refractivity contribution in [3.05, 3.63) is 35.9 Å². The van der Waals surface area contributed by atoms with Crippen LogP contribution in [0.25, 0.3) is 0 Å². The van der Waals surface area contributed by atoms with Crippen LogP contribution in [0.2, 0.25) is 0 Å². The van der Waals surface area contributed by atoms with E-state index >= 15 is 0 Å². The van der Waals surface area contributed by atoms with E-state index < -0.39 is 63.8 Å². The quantitative estimate of drug-likeness (QED) is 0.126. The number of hydrogen-bond acceptors (Lipinski definition) is 11. The number of alkyl carbamates (subject to hydrolysis) is 2. The van der Waals surface area contributed by atoms with Crippen LogP contribution in [-0.4, -0.2) is 81.0 Å². The fourth-order valence-corrected chi connectivity index (χ4v) is 3.47. The number of carbonyl (C=O) groups excluding carboxylic acids is 5. The van der Waals surface area contributed by atoms with Gasteiger partial charge in [-0.05, 0) is 26.3 Å². The number of nitrogens with one attached hydrogen (secondary N) is 3. The third kappa shape index (κ3) is 10.3. The van der Waals surface area contributed by atoms with Crippen LogP contribution in [0.15, 0.2) is 30.3 Å². The largest absolute Gasteiger partial charge is 0.508 e. The van der Waals surface area contributed by atoms with Gasteiger partial charge in [0, 0.05) is 10.7 Å². The minimum absolute atomic E-state index is 0.106. The standard InChI is InChI=1S/C21H27ClN4O11S/c1-21(2,3)37-18(29)23-9-10-34-20(31)36-12-14-15(16(27)26(14)17(28)25-38(22,32)33)24-19(30)35-11-13-7-5-4-6-8-13/h4-8,14-15H,9-12H2,1-3H3,(H,23,29)(H,24,30)(H,25,28). The van der Waals surface area contributed by atoms with E-state index in [1.807, 2.05) is 0 Å². The molecule has 1 aliphatic rings. The van der Waals surface area contributed by atoms with Gasteiger partial charge in [-0.25, -0.2) is 23.9 Å². The van der Waals surface area contributed by atoms with E-state index in [2.05, 4.69) is 10.6 Å². The Hall–Kier alpha value is -3.79. The molecule has 2 atom stereocenters. The summed E-state index contributed by atoms with van der Waals surface area (Å²) in [5.74, 6) is -1.01. The number of hydrogen-bond donors (Lipinski definition) is 3. The number of likely N-dealkylation sites (tertiary alicyclic amines) is 1. The molecule has 15 nitrogen and oxygen atoms in total. The second-order valence-electron chi connectivity index (χ2n) is 8.64. The maximum absolute atomic E-state index is 12.5. The van der Waals surface area contributed by atoms with E-state index in [9.17, 15) is 32.4 Å². The van der Waals surface area contributed by atoms with Crippen LogP contribution < -0.4 is 15.4 Å². The number of urea groups is 1. The number of benzene rings is 1. The molecule has 5 amide bonds. The Balaban J connectivity index is 1.90. The van der Waals surface area contributed by atoms with Gasteiger partial charge in [-0.1, -0.05) is 30.3 Å². The Morgan fingerprint density at radius 1 is 1.03 bits per heavy atom. The summed E-state index contributed by atoms with van der Waals surface area (Å²) >= 11 is 0. The van der Waals surface area contributed by atoms with E-state index in [-0.39, 0.29) is 19.8 Å². The first-order chi connectivity index (χ1) is 17.7. The van der Waals surface area contributed by atoms with Crippen molar-refractivity contribution in [2.45, 2.75) is 45.1 Å². The number of ether oxygens (including phenoxy) is 4. The lowest BCUT2D eigenvalue weighted by molar-refractivity contribution is -0.147. The van der Waals surface area contributed by atoms with Crippen LogP contribution >= 0.6 is 10.7 Å². The summed E-state index contributed by atoms with van der Waals surface area (Å²) in [6.45, 7) is 3.81. The summed E-state index contributed by atoms with van der Waals surface area (Å²) < 4.78 is 43.5. The SMILES string of the molecule is CC(C)(C)OC(=O)NCCOC(=O)OCC1C(NC(=O)OCc2ccccc2)C(=O)N1C(=O)NS(=O)(=O)Cl. The molecule has 1 fully saturated rings. The third-order valence-electron chi connectivity index (χ3n) is 4.50. The predicted octanol–water partition coefficient (Wildman–Crippen LogP) is 1.36. The zero-order valence-electron chi connectivity index (χ0n) is 20.6. The first-order valence-electron chi connectivity index (χ1n) is 11.0. The molecular formula is C21H27ClN4O11S. The lowest BCUT2D eigenvalue weighted by Crippen LogP contribution is -2.74. The molecule has 38 heavy (non-hydrogen) atoms. The van der Waals surface area contributed by atoms with Crippen molar-refractivity contribution in [2.75, 3.05) is 19.8 Å². The summed E-state index contributed by atoms with van der Waals surface area (Å²) in [4.78, 5) is 60.7. The number of imide groups is 1. The van der Waals surface area contributed by atoms with E-state index in [0.29, 0.717) is 10.5 Å². The second-order valence-corrected chi connectivity index (χ2v) is 10.9. The number of carbonyl (C=O) groups is 5. The summed E-state index contributed by atoms with van der Waals surface area (Å²) in [7, 11) is 0.447. The van der Waals surface area contributed by atoms with Gasteiger partial charge in [0.25, 0.3) is 5.91 Å². The van der Waals surface area contributed by atoms with Crippen molar-refractivity contribution in [1.82, 2.24) is 20.3 Å². The van der Waals surface area contributed by atoms with Gasteiger partial charge >= 0.3 is 33.6 Å². The molecule has 0 aromatic heterocycles. The minimum atomic E-state index is -4.55. The molecule has 0 radical (unpaired) electrons. The fourth-order valence-electron chi connectivity index (χ4n) is 2.97. The van der Waals surface area contributed by atoms with Gasteiger partial charge in [0.2, 0.25) is 0 Å². The molecule has 1 heterocycles. The molecule has 2 unspecified atom stereocenters. The molecule has 1 aliphatic heterocycles. The number of rotatable bonds is 9. The zero-order valence-corrected chi connectivity index (χ0v) is 22.2. The topological polar surface area (TPSA) is 196 Å². The van der Waals surface area contributed by atoms with Gasteiger partial charge < -0.3 is 29.6 Å². The maximum Gasteiger partial charge on any atom is 0.508 e. The summed E-state index contributed by atoms with van der Waals surface area (Å²) in [6, 6.07) is 4.48. The number of amides is 5. The van der Waals surface area contributed by atoms with Gasteiger partial charge in [0.1, 0.15) is 37.5 Å². The van der Waals surface area contributed by atoms with Crippen molar-refractivity contribution in [3.8, 4) is 0 Å². The highest BCUT2D eigenvalue weighted by Crippen LogP contribution is 2.22. The second kappa shape index (κ2) is 13.1. The lowest BCUT2D eigenvalue weighted by atomic mass is 9.96. The third-order valence-corrected chi connectivity index (χ3v) is 5.15. The van der Waals surface area contributed by atoms with Crippen molar-refractivity contribution in [2.24, 2.45) is 0 Å². The Kier molecular flexibility index (Phi) is 10.5. The van der Waals surface area contributed by atoms with Crippen LogP contribution in [0.1, 0.15) is 26.3 Å². The van der Waals surface area contributed by atoms with Gasteiger partial charge in [0.15, 0.2) is 0 Å². The monoisotopic (exact) mass is 578 g/mol. The highest BCUT2D eigenvalue weighted by atomic mass is 35.7. The highest BCUT2D eigenvalue weighted by molar-refractivity contribution is 8.12. The average molecular weight is 579 g/mol. The predicted molar refractivity (Wildman–Crippen MR) is 129 cm³/mol. The molecule has 17 heteroatoms. The Bertz CT molecular complexity index is 1140. The van der Waals surface area contributed by atoms with Crippen molar-refractivity contribution < 1.29 is 51.3 Å². The van der Waals surface area contributed by atoms with Gasteiger partial charge in [-0.2, -0.15) is 8.42 Å². The Labute approximate surface area is 222 Å². The molecule has 210 valence electrons. The minimum Gasteiger partial charge on any atom is -0.445 e. The number of β-lactam (4-membered cyclic amide) rings is 1. The summed E-state index contributed by atoms with van der Waals surface area (Å²) in [5, 5.41) is 4.59. The zero-order chi connectivity index (χ0) is 28.5.